The second-order valence-electron chi connectivity index (χ2n) is 4.57. The number of benzene rings is 1. The van der Waals surface area contributed by atoms with Crippen LogP contribution in [-0.4, -0.2) is 9.55 Å². The molecule has 4 nitrogen and oxygen atoms in total. The first-order valence-corrected chi connectivity index (χ1v) is 5.97. The van der Waals surface area contributed by atoms with Crippen molar-refractivity contribution in [3.05, 3.63) is 36.0 Å². The van der Waals surface area contributed by atoms with Crippen molar-refractivity contribution in [2.24, 2.45) is 0 Å². The lowest BCUT2D eigenvalue weighted by atomic mass is 10.2. The summed E-state index contributed by atoms with van der Waals surface area (Å²) in [5.74, 6) is 0.561. The maximum atomic E-state index is 12.4. The lowest BCUT2D eigenvalue weighted by molar-refractivity contribution is -0.137. The summed E-state index contributed by atoms with van der Waals surface area (Å²) in [6, 6.07) is 4.74. The highest BCUT2D eigenvalue weighted by Gasteiger charge is 2.30. The highest BCUT2D eigenvalue weighted by Crippen LogP contribution is 2.31. The van der Waals surface area contributed by atoms with E-state index in [1.807, 2.05) is 13.8 Å². The zero-order valence-electron chi connectivity index (χ0n) is 11.0. The van der Waals surface area contributed by atoms with Gasteiger partial charge in [0.1, 0.15) is 11.6 Å². The molecule has 0 atom stereocenters. The van der Waals surface area contributed by atoms with E-state index in [9.17, 15) is 13.2 Å². The number of nitrogens with zero attached hydrogens (tertiary/aromatic N) is 2. The van der Waals surface area contributed by atoms with E-state index < -0.39 is 11.7 Å². The number of nitrogen functional groups attached to an aromatic ring is 1. The molecule has 1 heterocycles. The largest absolute Gasteiger partial charge is 0.425 e. The molecule has 0 saturated carbocycles. The Morgan fingerprint density at radius 1 is 1.20 bits per heavy atom. The molecule has 0 radical (unpaired) electrons. The monoisotopic (exact) mass is 285 g/mol. The van der Waals surface area contributed by atoms with Crippen molar-refractivity contribution in [1.82, 2.24) is 9.55 Å². The van der Waals surface area contributed by atoms with Gasteiger partial charge in [0.25, 0.3) is 0 Å². The van der Waals surface area contributed by atoms with Crippen LogP contribution in [0.1, 0.15) is 25.5 Å². The normalized spacial score (nSPS) is 11.9. The van der Waals surface area contributed by atoms with Crippen LogP contribution in [0.15, 0.2) is 30.5 Å². The van der Waals surface area contributed by atoms with Gasteiger partial charge in [-0.15, -0.1) is 0 Å². The van der Waals surface area contributed by atoms with Gasteiger partial charge in [0.2, 0.25) is 0 Å². The fourth-order valence-corrected chi connectivity index (χ4v) is 1.66. The van der Waals surface area contributed by atoms with E-state index >= 15 is 0 Å². The molecule has 0 fully saturated rings. The molecular formula is C13H14F3N3O. The van der Waals surface area contributed by atoms with Gasteiger partial charge in [-0.2, -0.15) is 18.2 Å². The Morgan fingerprint density at radius 3 is 2.30 bits per heavy atom. The lowest BCUT2D eigenvalue weighted by Gasteiger charge is -2.12. The van der Waals surface area contributed by atoms with Gasteiger partial charge in [0, 0.05) is 6.04 Å². The van der Waals surface area contributed by atoms with Crippen molar-refractivity contribution in [3.8, 4) is 11.8 Å². The van der Waals surface area contributed by atoms with Crippen LogP contribution in [0.25, 0.3) is 0 Å². The van der Waals surface area contributed by atoms with Crippen LogP contribution in [0.5, 0.6) is 11.8 Å². The molecule has 0 saturated heterocycles. The van der Waals surface area contributed by atoms with Crippen molar-refractivity contribution in [2.75, 3.05) is 5.73 Å². The van der Waals surface area contributed by atoms with Crippen LogP contribution in [0, 0.1) is 0 Å². The minimum Gasteiger partial charge on any atom is -0.425 e. The summed E-state index contributed by atoms with van der Waals surface area (Å²) < 4.78 is 44.5. The molecule has 2 rings (SSSR count). The summed E-state index contributed by atoms with van der Waals surface area (Å²) >= 11 is 0. The number of ether oxygens (including phenoxy) is 1. The average Bonchev–Trinajstić information content (AvgIpc) is 2.70. The minimum absolute atomic E-state index is 0.0734. The number of halogens is 3. The zero-order valence-corrected chi connectivity index (χ0v) is 11.0. The smallest absolute Gasteiger partial charge is 0.416 e. The summed E-state index contributed by atoms with van der Waals surface area (Å²) in [5.41, 5.74) is 4.87. The average molecular weight is 285 g/mol. The number of rotatable bonds is 3. The van der Waals surface area contributed by atoms with Gasteiger partial charge in [0.15, 0.2) is 0 Å². The third kappa shape index (κ3) is 3.04. The van der Waals surface area contributed by atoms with Crippen LogP contribution in [-0.2, 0) is 6.18 Å². The van der Waals surface area contributed by atoms with Gasteiger partial charge in [0.05, 0.1) is 11.8 Å². The second-order valence-corrected chi connectivity index (χ2v) is 4.57. The van der Waals surface area contributed by atoms with Crippen LogP contribution in [0.2, 0.25) is 0 Å². The molecule has 20 heavy (non-hydrogen) atoms. The molecular weight excluding hydrogens is 271 g/mol. The van der Waals surface area contributed by atoms with E-state index in [1.54, 1.807) is 10.8 Å². The summed E-state index contributed by atoms with van der Waals surface area (Å²) in [6.07, 6.45) is -2.75. The van der Waals surface area contributed by atoms with E-state index in [-0.39, 0.29) is 17.8 Å². The van der Waals surface area contributed by atoms with Gasteiger partial charge in [-0.3, -0.25) is 4.57 Å². The first kappa shape index (κ1) is 14.2. The number of aromatic nitrogens is 2. The van der Waals surface area contributed by atoms with Crippen molar-refractivity contribution < 1.29 is 17.9 Å². The second kappa shape index (κ2) is 5.07. The molecule has 1 aromatic carbocycles. The Labute approximate surface area is 114 Å². The van der Waals surface area contributed by atoms with Gasteiger partial charge >= 0.3 is 12.2 Å². The summed E-state index contributed by atoms with van der Waals surface area (Å²) in [6.45, 7) is 3.83. The fraction of sp³-hybridized carbons (Fsp3) is 0.308. The Morgan fingerprint density at radius 2 is 1.80 bits per heavy atom. The molecule has 108 valence electrons. The zero-order chi connectivity index (χ0) is 14.9. The number of hydrogen-bond acceptors (Lipinski definition) is 3. The van der Waals surface area contributed by atoms with Crippen molar-refractivity contribution in [1.29, 1.82) is 0 Å². The molecule has 1 aromatic heterocycles. The standard InChI is InChI=1S/C13H14F3N3O/c1-8(2)19-7-11(17)18-12(19)20-10-5-3-9(4-6-10)13(14,15)16/h3-8H,17H2,1-2H3. The van der Waals surface area contributed by atoms with Gasteiger partial charge in [-0.05, 0) is 38.1 Å². The number of nitrogens with two attached hydrogens (primary N) is 1. The highest BCUT2D eigenvalue weighted by molar-refractivity contribution is 5.34. The predicted molar refractivity (Wildman–Crippen MR) is 68.5 cm³/mol. The van der Waals surface area contributed by atoms with Crippen molar-refractivity contribution in [3.63, 3.8) is 0 Å². The van der Waals surface area contributed by atoms with Gasteiger partial charge in [-0.1, -0.05) is 0 Å². The molecule has 0 aliphatic rings. The molecule has 0 aliphatic heterocycles. The molecule has 0 spiro atoms. The topological polar surface area (TPSA) is 53.1 Å². The number of alkyl halides is 3. The summed E-state index contributed by atoms with van der Waals surface area (Å²) in [7, 11) is 0. The lowest BCUT2D eigenvalue weighted by Crippen LogP contribution is -2.05. The molecule has 0 bridgehead atoms. The Kier molecular flexibility index (Phi) is 3.61. The molecule has 0 unspecified atom stereocenters. The van der Waals surface area contributed by atoms with E-state index in [0.717, 1.165) is 12.1 Å². The molecule has 7 heteroatoms. The van der Waals surface area contributed by atoms with Gasteiger partial charge < -0.3 is 10.5 Å². The van der Waals surface area contributed by atoms with E-state index in [4.69, 9.17) is 10.5 Å². The summed E-state index contributed by atoms with van der Waals surface area (Å²) in [5, 5.41) is 0. The van der Waals surface area contributed by atoms with Gasteiger partial charge in [-0.25, -0.2) is 0 Å². The Hall–Kier alpha value is -2.18. The molecule has 2 N–H and O–H groups in total. The quantitative estimate of drug-likeness (QED) is 0.931. The maximum absolute atomic E-state index is 12.4. The first-order valence-electron chi connectivity index (χ1n) is 5.97. The maximum Gasteiger partial charge on any atom is 0.416 e. The first-order chi connectivity index (χ1) is 9.27. The fourth-order valence-electron chi connectivity index (χ4n) is 1.66. The van der Waals surface area contributed by atoms with E-state index in [0.29, 0.717) is 5.82 Å². The van der Waals surface area contributed by atoms with Crippen LogP contribution in [0.4, 0.5) is 19.0 Å². The van der Waals surface area contributed by atoms with Crippen LogP contribution in [0.3, 0.4) is 0 Å². The third-order valence-electron chi connectivity index (χ3n) is 2.66. The summed E-state index contributed by atoms with van der Waals surface area (Å²) in [4.78, 5) is 3.99. The van der Waals surface area contributed by atoms with Crippen LogP contribution < -0.4 is 10.5 Å². The SMILES string of the molecule is CC(C)n1cc(N)nc1Oc1ccc(C(F)(F)F)cc1. The van der Waals surface area contributed by atoms with Crippen molar-refractivity contribution in [2.45, 2.75) is 26.1 Å². The van der Waals surface area contributed by atoms with Crippen LogP contribution >= 0.6 is 0 Å². The molecule has 0 amide bonds. The van der Waals surface area contributed by atoms with Crippen molar-refractivity contribution >= 4 is 5.82 Å². The number of imidazole rings is 1. The number of anilines is 1. The number of hydrogen-bond donors (Lipinski definition) is 1. The molecule has 0 aliphatic carbocycles. The minimum atomic E-state index is -4.36. The highest BCUT2D eigenvalue weighted by atomic mass is 19.4. The van der Waals surface area contributed by atoms with E-state index in [1.165, 1.54) is 12.1 Å². The third-order valence-corrected chi connectivity index (χ3v) is 2.66. The predicted octanol–water partition coefficient (Wildman–Crippen LogP) is 3.86. The molecule has 2 aromatic rings. The van der Waals surface area contributed by atoms with E-state index in [2.05, 4.69) is 4.98 Å². The Balaban J connectivity index is 2.22. The Bertz CT molecular complexity index is 588.